The summed E-state index contributed by atoms with van der Waals surface area (Å²) in [6, 6.07) is 8.56. The van der Waals surface area contributed by atoms with Crippen molar-refractivity contribution in [3.63, 3.8) is 0 Å². The van der Waals surface area contributed by atoms with Gasteiger partial charge in [0.2, 0.25) is 5.91 Å². The fourth-order valence-electron chi connectivity index (χ4n) is 3.60. The Morgan fingerprint density at radius 2 is 1.85 bits per heavy atom. The lowest BCUT2D eigenvalue weighted by molar-refractivity contribution is -0.116. The Hall–Kier alpha value is -1.68. The number of rotatable bonds is 5. The number of hydrogen-bond donors (Lipinski definition) is 1. The average Bonchev–Trinajstić information content (AvgIpc) is 3.09. The lowest BCUT2D eigenvalue weighted by Crippen LogP contribution is -2.14. The third-order valence-corrected chi connectivity index (χ3v) is 6.06. The van der Waals surface area contributed by atoms with Gasteiger partial charge in [0.1, 0.15) is 0 Å². The number of amides is 1. The van der Waals surface area contributed by atoms with Gasteiger partial charge < -0.3 is 5.32 Å². The Labute approximate surface area is 161 Å². The Balaban J connectivity index is 1.54. The SMILES string of the molecule is CC(C)(C)c1ccc(-c2csc(NC(=O)CCC3CCCCC3)n2)cc1. The quantitative estimate of drug-likeness (QED) is 0.661. The summed E-state index contributed by atoms with van der Waals surface area (Å²) < 4.78 is 0. The van der Waals surface area contributed by atoms with Crippen molar-refractivity contribution in [2.75, 3.05) is 5.32 Å². The van der Waals surface area contributed by atoms with E-state index < -0.39 is 0 Å². The molecule has 1 aromatic carbocycles. The molecular formula is C22H30N2OS. The molecule has 1 aliphatic carbocycles. The number of thiazole rings is 1. The maximum Gasteiger partial charge on any atom is 0.226 e. The summed E-state index contributed by atoms with van der Waals surface area (Å²) in [4.78, 5) is 16.8. The molecule has 1 heterocycles. The van der Waals surface area contributed by atoms with Crippen molar-refractivity contribution in [1.29, 1.82) is 0 Å². The molecule has 1 fully saturated rings. The summed E-state index contributed by atoms with van der Waals surface area (Å²) in [5, 5.41) is 5.69. The molecule has 1 aromatic heterocycles. The number of nitrogens with zero attached hydrogens (tertiary/aromatic N) is 1. The van der Waals surface area contributed by atoms with Crippen LogP contribution < -0.4 is 5.32 Å². The van der Waals surface area contributed by atoms with Crippen molar-refractivity contribution in [3.8, 4) is 11.3 Å². The first-order valence-corrected chi connectivity index (χ1v) is 10.7. The number of nitrogens with one attached hydrogen (secondary N) is 1. The second-order valence-electron chi connectivity index (χ2n) is 8.46. The zero-order chi connectivity index (χ0) is 18.6. The largest absolute Gasteiger partial charge is 0.302 e. The van der Waals surface area contributed by atoms with Crippen molar-refractivity contribution < 1.29 is 4.79 Å². The molecule has 4 heteroatoms. The second kappa shape index (κ2) is 8.34. The smallest absolute Gasteiger partial charge is 0.226 e. The number of aromatic nitrogens is 1. The molecule has 0 saturated heterocycles. The third-order valence-electron chi connectivity index (χ3n) is 5.30. The summed E-state index contributed by atoms with van der Waals surface area (Å²) in [5.41, 5.74) is 3.49. The first kappa shape index (κ1) is 19.1. The van der Waals surface area contributed by atoms with Crippen LogP contribution in [0.15, 0.2) is 29.6 Å². The van der Waals surface area contributed by atoms with Crippen molar-refractivity contribution in [2.45, 2.75) is 71.1 Å². The van der Waals surface area contributed by atoms with Gasteiger partial charge in [-0.25, -0.2) is 4.98 Å². The van der Waals surface area contributed by atoms with E-state index in [0.717, 1.165) is 23.6 Å². The van der Waals surface area contributed by atoms with Gasteiger partial charge in [-0.15, -0.1) is 11.3 Å². The van der Waals surface area contributed by atoms with Gasteiger partial charge in [0, 0.05) is 17.4 Å². The van der Waals surface area contributed by atoms with E-state index in [-0.39, 0.29) is 11.3 Å². The number of carbonyl (C=O) groups excluding carboxylic acids is 1. The predicted molar refractivity (Wildman–Crippen MR) is 111 cm³/mol. The van der Waals surface area contributed by atoms with E-state index in [1.165, 1.54) is 49.0 Å². The number of benzene rings is 1. The first-order valence-electron chi connectivity index (χ1n) is 9.78. The zero-order valence-electron chi connectivity index (χ0n) is 16.2. The fraction of sp³-hybridized carbons (Fsp3) is 0.545. The molecule has 0 radical (unpaired) electrons. The Kier molecular flexibility index (Phi) is 6.13. The summed E-state index contributed by atoms with van der Waals surface area (Å²) >= 11 is 1.50. The van der Waals surface area contributed by atoms with Crippen molar-refractivity contribution in [1.82, 2.24) is 4.98 Å². The molecule has 0 spiro atoms. The molecule has 1 saturated carbocycles. The summed E-state index contributed by atoms with van der Waals surface area (Å²) in [5.74, 6) is 0.835. The molecule has 1 aliphatic rings. The minimum atomic E-state index is 0.0968. The van der Waals surface area contributed by atoms with Gasteiger partial charge in [0.15, 0.2) is 5.13 Å². The van der Waals surface area contributed by atoms with Gasteiger partial charge in [-0.05, 0) is 23.3 Å². The predicted octanol–water partition coefficient (Wildman–Crippen LogP) is 6.41. The monoisotopic (exact) mass is 370 g/mol. The highest BCUT2D eigenvalue weighted by Crippen LogP contribution is 2.29. The molecule has 1 amide bonds. The van der Waals surface area contributed by atoms with E-state index in [1.54, 1.807) is 0 Å². The van der Waals surface area contributed by atoms with Crippen LogP contribution in [0.3, 0.4) is 0 Å². The molecule has 0 bridgehead atoms. The maximum atomic E-state index is 12.2. The van der Waals surface area contributed by atoms with Gasteiger partial charge in [0.25, 0.3) is 0 Å². The van der Waals surface area contributed by atoms with Gasteiger partial charge >= 0.3 is 0 Å². The minimum Gasteiger partial charge on any atom is -0.302 e. The van der Waals surface area contributed by atoms with E-state index in [4.69, 9.17) is 0 Å². The van der Waals surface area contributed by atoms with E-state index >= 15 is 0 Å². The van der Waals surface area contributed by atoms with Crippen molar-refractivity contribution in [2.24, 2.45) is 5.92 Å². The molecule has 0 atom stereocenters. The van der Waals surface area contributed by atoms with Gasteiger partial charge in [0.05, 0.1) is 5.69 Å². The molecule has 3 nitrogen and oxygen atoms in total. The van der Waals surface area contributed by atoms with Crippen molar-refractivity contribution in [3.05, 3.63) is 35.2 Å². The van der Waals surface area contributed by atoms with Gasteiger partial charge in [-0.1, -0.05) is 77.1 Å². The summed E-state index contributed by atoms with van der Waals surface area (Å²) in [6.07, 6.45) is 8.23. The van der Waals surface area contributed by atoms with Crippen LogP contribution in [0.4, 0.5) is 5.13 Å². The van der Waals surface area contributed by atoms with E-state index in [9.17, 15) is 4.79 Å². The van der Waals surface area contributed by atoms with Crippen LogP contribution in [-0.4, -0.2) is 10.9 Å². The maximum absolute atomic E-state index is 12.2. The molecule has 2 aromatic rings. The zero-order valence-corrected chi connectivity index (χ0v) is 17.0. The van der Waals surface area contributed by atoms with Crippen LogP contribution in [0.25, 0.3) is 11.3 Å². The minimum absolute atomic E-state index is 0.0968. The highest BCUT2D eigenvalue weighted by atomic mass is 32.1. The average molecular weight is 371 g/mol. The fourth-order valence-corrected chi connectivity index (χ4v) is 4.33. The van der Waals surface area contributed by atoms with Gasteiger partial charge in [-0.2, -0.15) is 0 Å². The van der Waals surface area contributed by atoms with Crippen LogP contribution in [0, 0.1) is 5.92 Å². The molecule has 0 aliphatic heterocycles. The van der Waals surface area contributed by atoms with E-state index in [0.29, 0.717) is 11.6 Å². The molecule has 1 N–H and O–H groups in total. The van der Waals surface area contributed by atoms with Crippen LogP contribution in [-0.2, 0) is 10.2 Å². The molecular weight excluding hydrogens is 340 g/mol. The van der Waals surface area contributed by atoms with E-state index in [2.05, 4.69) is 55.3 Å². The summed E-state index contributed by atoms with van der Waals surface area (Å²) in [7, 11) is 0. The highest BCUT2D eigenvalue weighted by molar-refractivity contribution is 7.14. The first-order chi connectivity index (χ1) is 12.4. The Morgan fingerprint density at radius 1 is 1.15 bits per heavy atom. The molecule has 26 heavy (non-hydrogen) atoms. The lowest BCUT2D eigenvalue weighted by atomic mass is 9.86. The molecule has 3 rings (SSSR count). The topological polar surface area (TPSA) is 42.0 Å². The van der Waals surface area contributed by atoms with Crippen LogP contribution in [0.1, 0.15) is 71.3 Å². The normalized spacial score (nSPS) is 15.8. The summed E-state index contributed by atoms with van der Waals surface area (Å²) in [6.45, 7) is 6.64. The standard InChI is InChI=1S/C22H30N2OS/c1-22(2,3)18-12-10-17(11-13-18)19-15-26-21(23-19)24-20(25)14-9-16-7-5-4-6-8-16/h10-13,15-16H,4-9,14H2,1-3H3,(H,23,24,25). The van der Waals surface area contributed by atoms with Crippen LogP contribution >= 0.6 is 11.3 Å². The van der Waals surface area contributed by atoms with Crippen molar-refractivity contribution >= 4 is 22.4 Å². The molecule has 0 unspecified atom stereocenters. The Bertz CT molecular complexity index is 721. The molecule has 140 valence electrons. The third kappa shape index (κ3) is 5.16. The number of carbonyl (C=O) groups is 1. The van der Waals surface area contributed by atoms with Gasteiger partial charge in [-0.3, -0.25) is 4.79 Å². The lowest BCUT2D eigenvalue weighted by Gasteiger charge is -2.20. The number of anilines is 1. The second-order valence-corrected chi connectivity index (χ2v) is 9.31. The van der Waals surface area contributed by atoms with Crippen LogP contribution in [0.2, 0.25) is 0 Å². The Morgan fingerprint density at radius 3 is 2.50 bits per heavy atom. The van der Waals surface area contributed by atoms with Crippen LogP contribution in [0.5, 0.6) is 0 Å². The number of hydrogen-bond acceptors (Lipinski definition) is 3. The van der Waals surface area contributed by atoms with E-state index in [1.807, 2.05) is 5.38 Å². The highest BCUT2D eigenvalue weighted by Gasteiger charge is 2.16.